The smallest absolute Gasteiger partial charge is 0.306 e. The topological polar surface area (TPSA) is 82.1 Å². The fraction of sp³-hybridized carbons (Fsp3) is 0.458. The van der Waals surface area contributed by atoms with Gasteiger partial charge in [0.1, 0.15) is 5.60 Å². The third-order valence-corrected chi connectivity index (χ3v) is 4.40. The quantitative estimate of drug-likeness (QED) is 0.355. The molecule has 0 unspecified atom stereocenters. The van der Waals surface area contributed by atoms with Crippen molar-refractivity contribution >= 4 is 23.9 Å². The number of nitrogens with zero attached hydrogens (tertiary/aromatic N) is 1. The highest BCUT2D eigenvalue weighted by Gasteiger charge is 2.19. The van der Waals surface area contributed by atoms with Crippen LogP contribution < -0.4 is 9.47 Å². The van der Waals surface area contributed by atoms with E-state index in [4.69, 9.17) is 14.2 Å². The van der Waals surface area contributed by atoms with Gasteiger partial charge in [0.2, 0.25) is 0 Å². The van der Waals surface area contributed by atoms with Gasteiger partial charge in [-0.25, -0.2) is 0 Å². The Morgan fingerprint density at radius 3 is 2.61 bits per heavy atom. The molecule has 168 valence electrons. The summed E-state index contributed by atoms with van der Waals surface area (Å²) in [6.07, 6.45) is 7.66. The molecule has 7 heteroatoms. The molecule has 2 amide bonds. The van der Waals surface area contributed by atoms with Gasteiger partial charge < -0.3 is 14.2 Å². The summed E-state index contributed by atoms with van der Waals surface area (Å²) in [5.41, 5.74) is 1.09. The molecule has 0 saturated heterocycles. The van der Waals surface area contributed by atoms with Gasteiger partial charge >= 0.3 is 5.97 Å². The normalized spacial score (nSPS) is 14.1. The number of carbonyl (C=O) groups excluding carboxylic acids is 3. The Kier molecular flexibility index (Phi) is 8.42. The van der Waals surface area contributed by atoms with E-state index in [-0.39, 0.29) is 24.2 Å². The Morgan fingerprint density at radius 2 is 1.97 bits per heavy atom. The second kappa shape index (κ2) is 10.8. The molecule has 0 radical (unpaired) electrons. The van der Waals surface area contributed by atoms with Gasteiger partial charge in [-0.05, 0) is 75.9 Å². The number of amides is 2. The number of imide groups is 1. The SMILES string of the molecule is COc1cc(/C=C/C(=O)N2CCC=CC2=O)cc(C)c1OCCCC(=O)OC(C)(C)C. The maximum Gasteiger partial charge on any atom is 0.306 e. The molecule has 0 saturated carbocycles. The highest BCUT2D eigenvalue weighted by molar-refractivity contribution is 6.06. The maximum absolute atomic E-state index is 12.3. The van der Waals surface area contributed by atoms with Crippen LogP contribution in [-0.2, 0) is 19.1 Å². The van der Waals surface area contributed by atoms with Crippen LogP contribution in [0.25, 0.3) is 6.08 Å². The molecule has 1 aromatic carbocycles. The molecule has 1 heterocycles. The molecule has 0 aliphatic carbocycles. The Hall–Kier alpha value is -3.09. The predicted octanol–water partition coefficient (Wildman–Crippen LogP) is 3.83. The number of esters is 1. The van der Waals surface area contributed by atoms with Crippen molar-refractivity contribution in [1.82, 2.24) is 4.90 Å². The van der Waals surface area contributed by atoms with Gasteiger partial charge in [-0.3, -0.25) is 19.3 Å². The minimum absolute atomic E-state index is 0.257. The molecule has 2 rings (SSSR count). The van der Waals surface area contributed by atoms with Crippen molar-refractivity contribution in [1.29, 1.82) is 0 Å². The lowest BCUT2D eigenvalue weighted by Crippen LogP contribution is -2.37. The average molecular weight is 430 g/mol. The Balaban J connectivity index is 1.98. The number of carbonyl (C=O) groups is 3. The van der Waals surface area contributed by atoms with E-state index < -0.39 is 5.60 Å². The molecule has 7 nitrogen and oxygen atoms in total. The van der Waals surface area contributed by atoms with E-state index >= 15 is 0 Å². The summed E-state index contributed by atoms with van der Waals surface area (Å²) in [5, 5.41) is 0. The van der Waals surface area contributed by atoms with Crippen LogP contribution >= 0.6 is 0 Å². The van der Waals surface area contributed by atoms with E-state index in [1.807, 2.05) is 33.8 Å². The molecule has 0 spiro atoms. The lowest BCUT2D eigenvalue weighted by molar-refractivity contribution is -0.155. The van der Waals surface area contributed by atoms with E-state index in [0.717, 1.165) is 11.1 Å². The van der Waals surface area contributed by atoms with Crippen LogP contribution in [0.5, 0.6) is 11.5 Å². The predicted molar refractivity (Wildman–Crippen MR) is 118 cm³/mol. The average Bonchev–Trinajstić information content (AvgIpc) is 2.69. The van der Waals surface area contributed by atoms with E-state index in [1.165, 1.54) is 17.1 Å². The van der Waals surface area contributed by atoms with Crippen molar-refractivity contribution in [2.45, 2.75) is 52.6 Å². The van der Waals surface area contributed by atoms with E-state index in [1.54, 1.807) is 25.3 Å². The van der Waals surface area contributed by atoms with Gasteiger partial charge in [-0.1, -0.05) is 6.08 Å². The van der Waals surface area contributed by atoms with Crippen LogP contribution in [0.3, 0.4) is 0 Å². The molecular formula is C24H31NO6. The fourth-order valence-corrected chi connectivity index (χ4v) is 3.05. The van der Waals surface area contributed by atoms with Gasteiger partial charge in [0.15, 0.2) is 11.5 Å². The van der Waals surface area contributed by atoms with Crippen molar-refractivity contribution in [3.8, 4) is 11.5 Å². The summed E-state index contributed by atoms with van der Waals surface area (Å²) in [5.74, 6) is 0.207. The number of rotatable bonds is 8. The molecule has 0 N–H and O–H groups in total. The second-order valence-corrected chi connectivity index (χ2v) is 8.26. The molecule has 0 atom stereocenters. The number of benzene rings is 1. The van der Waals surface area contributed by atoms with E-state index in [0.29, 0.717) is 37.5 Å². The first kappa shape index (κ1) is 24.2. The molecule has 0 fully saturated rings. The summed E-state index contributed by atoms with van der Waals surface area (Å²) in [7, 11) is 1.54. The zero-order chi connectivity index (χ0) is 23.0. The van der Waals surface area contributed by atoms with Crippen LogP contribution in [0.15, 0.2) is 30.4 Å². The first-order chi connectivity index (χ1) is 14.6. The summed E-state index contributed by atoms with van der Waals surface area (Å²) < 4.78 is 16.6. The lowest BCUT2D eigenvalue weighted by Gasteiger charge is -2.20. The first-order valence-corrected chi connectivity index (χ1v) is 10.3. The highest BCUT2D eigenvalue weighted by Crippen LogP contribution is 2.33. The van der Waals surface area contributed by atoms with Crippen molar-refractivity contribution in [2.24, 2.45) is 0 Å². The van der Waals surface area contributed by atoms with E-state index in [9.17, 15) is 14.4 Å². The molecular weight excluding hydrogens is 398 g/mol. The summed E-state index contributed by atoms with van der Waals surface area (Å²) in [4.78, 5) is 37.1. The molecule has 1 aromatic rings. The standard InChI is InChI=1S/C24H31NO6/c1-17-15-18(11-12-21(27)25-13-7-6-9-20(25)26)16-19(29-5)23(17)30-14-8-10-22(28)31-24(2,3)4/h6,9,11-12,15-16H,7-8,10,13-14H2,1-5H3/b12-11+. The molecule has 1 aliphatic heterocycles. The van der Waals surface area contributed by atoms with Gasteiger partial charge in [-0.15, -0.1) is 0 Å². The molecule has 31 heavy (non-hydrogen) atoms. The van der Waals surface area contributed by atoms with Gasteiger partial charge in [0.05, 0.1) is 13.7 Å². The zero-order valence-electron chi connectivity index (χ0n) is 18.9. The van der Waals surface area contributed by atoms with Crippen molar-refractivity contribution < 1.29 is 28.6 Å². The minimum atomic E-state index is -0.500. The van der Waals surface area contributed by atoms with Crippen LogP contribution in [0, 0.1) is 6.92 Å². The maximum atomic E-state index is 12.3. The molecule has 0 aromatic heterocycles. The number of aryl methyl sites for hydroxylation is 1. The summed E-state index contributed by atoms with van der Waals surface area (Å²) >= 11 is 0. The Morgan fingerprint density at radius 1 is 1.23 bits per heavy atom. The van der Waals surface area contributed by atoms with Crippen LogP contribution in [0.1, 0.15) is 51.2 Å². The largest absolute Gasteiger partial charge is 0.493 e. The monoisotopic (exact) mass is 429 g/mol. The fourth-order valence-electron chi connectivity index (χ4n) is 3.05. The van der Waals surface area contributed by atoms with E-state index in [2.05, 4.69) is 0 Å². The van der Waals surface area contributed by atoms with Crippen molar-refractivity contribution in [3.05, 3.63) is 41.5 Å². The van der Waals surface area contributed by atoms with Crippen molar-refractivity contribution in [2.75, 3.05) is 20.3 Å². The zero-order valence-corrected chi connectivity index (χ0v) is 18.9. The second-order valence-electron chi connectivity index (χ2n) is 8.26. The minimum Gasteiger partial charge on any atom is -0.493 e. The lowest BCUT2D eigenvalue weighted by atomic mass is 10.1. The number of hydrogen-bond donors (Lipinski definition) is 0. The number of methoxy groups -OCH3 is 1. The third-order valence-electron chi connectivity index (χ3n) is 4.40. The van der Waals surface area contributed by atoms with Crippen LogP contribution in [-0.4, -0.2) is 48.5 Å². The first-order valence-electron chi connectivity index (χ1n) is 10.3. The van der Waals surface area contributed by atoms with Crippen LogP contribution in [0.4, 0.5) is 0 Å². The number of hydrogen-bond acceptors (Lipinski definition) is 6. The Bertz CT molecular complexity index is 879. The van der Waals surface area contributed by atoms with Crippen LogP contribution in [0.2, 0.25) is 0 Å². The molecule has 1 aliphatic rings. The van der Waals surface area contributed by atoms with Gasteiger partial charge in [-0.2, -0.15) is 0 Å². The highest BCUT2D eigenvalue weighted by atomic mass is 16.6. The summed E-state index contributed by atoms with van der Waals surface area (Å²) in [6.45, 7) is 8.11. The third kappa shape index (κ3) is 7.59. The molecule has 0 bridgehead atoms. The summed E-state index contributed by atoms with van der Waals surface area (Å²) in [6, 6.07) is 3.63. The van der Waals surface area contributed by atoms with Gasteiger partial charge in [0, 0.05) is 19.0 Å². The van der Waals surface area contributed by atoms with Crippen molar-refractivity contribution in [3.63, 3.8) is 0 Å². The van der Waals surface area contributed by atoms with Gasteiger partial charge in [0.25, 0.3) is 11.8 Å². The Labute approximate surface area is 183 Å². The number of ether oxygens (including phenoxy) is 3.